The van der Waals surface area contributed by atoms with Crippen LogP contribution in [0.4, 0.5) is 68.2 Å². The first kappa shape index (κ1) is 51.6. The largest absolute Gasteiger partial charge is 0.311 e. The highest BCUT2D eigenvalue weighted by atomic mass is 15.2. The van der Waals surface area contributed by atoms with Crippen molar-refractivity contribution < 1.29 is 0 Å². The van der Waals surface area contributed by atoms with Crippen molar-refractivity contribution in [3.05, 3.63) is 360 Å². The molecule has 0 radical (unpaired) electrons. The lowest BCUT2D eigenvalue weighted by molar-refractivity contribution is 0.745. The van der Waals surface area contributed by atoms with Gasteiger partial charge in [-0.25, -0.2) is 0 Å². The summed E-state index contributed by atoms with van der Waals surface area (Å²) >= 11 is 0. The molecule has 0 aliphatic heterocycles. The summed E-state index contributed by atoms with van der Waals surface area (Å²) in [6.07, 6.45) is 0. The fraction of sp³-hybridized carbons (Fsp3) is 0.0649. The van der Waals surface area contributed by atoms with Crippen LogP contribution >= 0.6 is 0 Å². The molecule has 0 fully saturated rings. The third kappa shape index (κ3) is 10.6. The molecule has 0 amide bonds. The lowest BCUT2D eigenvalue weighted by atomic mass is 9.65. The summed E-state index contributed by atoms with van der Waals surface area (Å²) in [6, 6.07) is 115. The van der Waals surface area contributed by atoms with Crippen LogP contribution in [0.2, 0.25) is 0 Å². The second kappa shape index (κ2) is 23.0. The SMILES string of the molecule is Cc1ccc(N(c2ccccc2)c2ccc(C(c3ccc(N(c4ccccc4)c4ccc(C)cc4)cc3)(c3ccc(N(c4ccccc4)c4ccc(C)cc4)cc3)c3ccc(N(c4ccccc4)c4ccc(C)cc4)cc3)cc2)cc1. The Labute approximate surface area is 478 Å². The van der Waals surface area contributed by atoms with Crippen LogP contribution in [-0.2, 0) is 5.41 Å². The lowest BCUT2D eigenvalue weighted by Crippen LogP contribution is -2.31. The van der Waals surface area contributed by atoms with Crippen LogP contribution in [0.25, 0.3) is 0 Å². The van der Waals surface area contributed by atoms with Crippen molar-refractivity contribution in [2.45, 2.75) is 33.1 Å². The standard InChI is InChI=1S/C77H64N4/c1-57-25-41-69(42-26-57)78(65-17-9-5-10-18-65)73-49-33-61(34-50-73)77(62-35-51-74(52-36-62)79(66-19-11-6-12-20-66)70-43-27-58(2)28-44-70,63-37-53-75(54-38-63)80(67-21-13-7-14-22-67)71-45-29-59(3)30-46-71)64-39-55-76(56-40-64)81(68-23-15-8-16-24-68)72-47-31-60(4)32-48-72/h5-56H,1-4H3. The van der Waals surface area contributed by atoms with Crippen LogP contribution in [-0.4, -0.2) is 0 Å². The van der Waals surface area contributed by atoms with Crippen LogP contribution in [0, 0.1) is 27.7 Å². The number of rotatable bonds is 16. The van der Waals surface area contributed by atoms with Crippen LogP contribution in [0.15, 0.2) is 315 Å². The number of anilines is 12. The minimum absolute atomic E-state index is 0.833. The van der Waals surface area contributed by atoms with Gasteiger partial charge in [-0.1, -0.05) is 192 Å². The van der Waals surface area contributed by atoms with Crippen molar-refractivity contribution in [2.24, 2.45) is 0 Å². The molecule has 0 saturated heterocycles. The van der Waals surface area contributed by atoms with Gasteiger partial charge < -0.3 is 19.6 Å². The van der Waals surface area contributed by atoms with E-state index in [9.17, 15) is 0 Å². The minimum Gasteiger partial charge on any atom is -0.311 e. The zero-order valence-electron chi connectivity index (χ0n) is 46.3. The molecule has 4 heteroatoms. The van der Waals surface area contributed by atoms with Crippen molar-refractivity contribution in [1.29, 1.82) is 0 Å². The molecule has 0 aliphatic rings. The van der Waals surface area contributed by atoms with Gasteiger partial charge in [-0.15, -0.1) is 0 Å². The molecule has 0 spiro atoms. The van der Waals surface area contributed by atoms with E-state index in [1.807, 2.05) is 0 Å². The first-order valence-corrected chi connectivity index (χ1v) is 27.9. The normalized spacial score (nSPS) is 11.2. The third-order valence-electron chi connectivity index (χ3n) is 15.5. The van der Waals surface area contributed by atoms with E-state index < -0.39 is 5.41 Å². The van der Waals surface area contributed by atoms with E-state index in [1.54, 1.807) is 0 Å². The maximum Gasteiger partial charge on any atom is 0.0701 e. The summed E-state index contributed by atoms with van der Waals surface area (Å²) in [6.45, 7) is 8.56. The number of aryl methyl sites for hydroxylation is 4. The Bertz CT molecular complexity index is 3410. The van der Waals surface area contributed by atoms with E-state index in [2.05, 4.69) is 363 Å². The van der Waals surface area contributed by atoms with Gasteiger partial charge in [0.05, 0.1) is 5.41 Å². The summed E-state index contributed by atoms with van der Waals surface area (Å²) in [5, 5.41) is 0. The molecule has 0 heterocycles. The van der Waals surface area contributed by atoms with Crippen LogP contribution in [0.3, 0.4) is 0 Å². The average Bonchev–Trinajstić information content (AvgIpc) is 3.57. The van der Waals surface area contributed by atoms with Crippen molar-refractivity contribution in [3.8, 4) is 0 Å². The molecule has 0 aromatic heterocycles. The summed E-state index contributed by atoms with van der Waals surface area (Å²) in [7, 11) is 0. The van der Waals surface area contributed by atoms with E-state index in [1.165, 1.54) is 22.3 Å². The Morgan fingerprint density at radius 3 is 0.457 bits per heavy atom. The highest BCUT2D eigenvalue weighted by Crippen LogP contribution is 2.49. The molecule has 81 heavy (non-hydrogen) atoms. The quantitative estimate of drug-likeness (QED) is 0.0894. The monoisotopic (exact) mass is 1040 g/mol. The number of hydrogen-bond donors (Lipinski definition) is 0. The summed E-state index contributed by atoms with van der Waals surface area (Å²) in [5.74, 6) is 0. The van der Waals surface area contributed by atoms with Gasteiger partial charge in [-0.3, -0.25) is 0 Å². The number of nitrogens with zero attached hydrogens (tertiary/aromatic N) is 4. The Morgan fingerprint density at radius 2 is 0.296 bits per heavy atom. The Kier molecular flexibility index (Phi) is 14.7. The second-order valence-electron chi connectivity index (χ2n) is 21.0. The van der Waals surface area contributed by atoms with E-state index >= 15 is 0 Å². The van der Waals surface area contributed by atoms with Gasteiger partial charge in [0.1, 0.15) is 0 Å². The van der Waals surface area contributed by atoms with Crippen molar-refractivity contribution in [2.75, 3.05) is 19.6 Å². The first-order chi connectivity index (χ1) is 39.8. The lowest BCUT2D eigenvalue weighted by Gasteiger charge is -2.38. The number of benzene rings is 12. The molecular formula is C77H64N4. The van der Waals surface area contributed by atoms with Gasteiger partial charge in [0, 0.05) is 68.2 Å². The van der Waals surface area contributed by atoms with E-state index in [-0.39, 0.29) is 0 Å². The zero-order valence-corrected chi connectivity index (χ0v) is 46.3. The fourth-order valence-corrected chi connectivity index (χ4v) is 11.3. The van der Waals surface area contributed by atoms with Gasteiger partial charge >= 0.3 is 0 Å². The van der Waals surface area contributed by atoms with Crippen LogP contribution < -0.4 is 19.6 Å². The molecule has 12 aromatic rings. The summed E-state index contributed by atoms with van der Waals surface area (Å²) in [5.41, 5.74) is 21.6. The first-order valence-electron chi connectivity index (χ1n) is 27.9. The predicted molar refractivity (Wildman–Crippen MR) is 342 cm³/mol. The number of para-hydroxylation sites is 4. The van der Waals surface area contributed by atoms with E-state index in [0.717, 1.165) is 90.5 Å². The Hall–Kier alpha value is -10.2. The van der Waals surface area contributed by atoms with Gasteiger partial charge in [0.2, 0.25) is 0 Å². The van der Waals surface area contributed by atoms with Gasteiger partial charge in [0.15, 0.2) is 0 Å². The zero-order chi connectivity index (χ0) is 55.1. The van der Waals surface area contributed by atoms with Gasteiger partial charge in [-0.05, 0) is 196 Å². The molecule has 392 valence electrons. The van der Waals surface area contributed by atoms with Crippen LogP contribution in [0.5, 0.6) is 0 Å². The predicted octanol–water partition coefficient (Wildman–Crippen LogP) is 21.2. The molecule has 12 rings (SSSR count). The highest BCUT2D eigenvalue weighted by molar-refractivity contribution is 5.82. The molecule has 0 saturated carbocycles. The van der Waals surface area contributed by atoms with Gasteiger partial charge in [0.25, 0.3) is 0 Å². The Balaban J connectivity index is 1.09. The van der Waals surface area contributed by atoms with Gasteiger partial charge in [-0.2, -0.15) is 0 Å². The Morgan fingerprint density at radius 1 is 0.160 bits per heavy atom. The molecule has 0 N–H and O–H groups in total. The fourth-order valence-electron chi connectivity index (χ4n) is 11.3. The minimum atomic E-state index is -0.833. The van der Waals surface area contributed by atoms with E-state index in [4.69, 9.17) is 0 Å². The average molecular weight is 1050 g/mol. The van der Waals surface area contributed by atoms with Crippen molar-refractivity contribution in [1.82, 2.24) is 0 Å². The maximum atomic E-state index is 2.35. The highest BCUT2D eigenvalue weighted by Gasteiger charge is 2.39. The van der Waals surface area contributed by atoms with E-state index in [0.29, 0.717) is 0 Å². The molecular weight excluding hydrogens is 981 g/mol. The topological polar surface area (TPSA) is 13.0 Å². The molecule has 0 unspecified atom stereocenters. The molecule has 0 bridgehead atoms. The number of hydrogen-bond acceptors (Lipinski definition) is 4. The second-order valence-corrected chi connectivity index (χ2v) is 21.0. The molecule has 12 aromatic carbocycles. The van der Waals surface area contributed by atoms with Crippen LogP contribution in [0.1, 0.15) is 44.5 Å². The molecule has 0 atom stereocenters. The summed E-state index contributed by atoms with van der Waals surface area (Å²) in [4.78, 5) is 9.38. The molecule has 0 aliphatic carbocycles. The third-order valence-corrected chi connectivity index (χ3v) is 15.5. The molecule has 4 nitrogen and oxygen atoms in total. The van der Waals surface area contributed by atoms with Crippen molar-refractivity contribution >= 4 is 68.2 Å². The van der Waals surface area contributed by atoms with Crippen molar-refractivity contribution in [3.63, 3.8) is 0 Å². The summed E-state index contributed by atoms with van der Waals surface area (Å²) < 4.78 is 0. The smallest absolute Gasteiger partial charge is 0.0701 e. The maximum absolute atomic E-state index is 2.35.